The van der Waals surface area contributed by atoms with Gasteiger partial charge in [0.25, 0.3) is 0 Å². The molecule has 2 aliphatic heterocycles. The predicted octanol–water partition coefficient (Wildman–Crippen LogP) is 3.52. The summed E-state index contributed by atoms with van der Waals surface area (Å²) in [6.45, 7) is 3.95. The van der Waals surface area contributed by atoms with E-state index in [-0.39, 0.29) is 0 Å². The van der Waals surface area contributed by atoms with Gasteiger partial charge in [-0.2, -0.15) is 0 Å². The fraction of sp³-hybridized carbons (Fsp3) is 0.429. The van der Waals surface area contributed by atoms with Gasteiger partial charge < -0.3 is 9.30 Å². The molecule has 2 aromatic heterocycles. The van der Waals surface area contributed by atoms with Gasteiger partial charge in [-0.1, -0.05) is 24.6 Å². The zero-order valence-electron chi connectivity index (χ0n) is 14.9. The second-order valence-electron chi connectivity index (χ2n) is 7.30. The van der Waals surface area contributed by atoms with Crippen LogP contribution in [0.2, 0.25) is 0 Å². The summed E-state index contributed by atoms with van der Waals surface area (Å²) in [6, 6.07) is 11.1. The summed E-state index contributed by atoms with van der Waals surface area (Å²) in [4.78, 5) is 11.8. The summed E-state index contributed by atoms with van der Waals surface area (Å²) in [7, 11) is 0. The average molecular weight is 348 g/mol. The van der Waals surface area contributed by atoms with Crippen molar-refractivity contribution in [2.24, 2.45) is 0 Å². The van der Waals surface area contributed by atoms with Gasteiger partial charge >= 0.3 is 0 Å². The summed E-state index contributed by atoms with van der Waals surface area (Å²) in [5.41, 5.74) is 2.15. The number of aromatic nitrogens is 3. The molecule has 2 atom stereocenters. The zero-order chi connectivity index (χ0) is 17.3. The van der Waals surface area contributed by atoms with E-state index in [2.05, 4.69) is 44.9 Å². The van der Waals surface area contributed by atoms with Gasteiger partial charge in [0.15, 0.2) is 0 Å². The number of nitrogens with zero attached hydrogens (tertiary/aromatic N) is 4. The van der Waals surface area contributed by atoms with Crippen molar-refractivity contribution in [3.05, 3.63) is 48.9 Å². The van der Waals surface area contributed by atoms with Crippen LogP contribution < -0.4 is 0 Å². The minimum absolute atomic E-state index is 0.317. The van der Waals surface area contributed by atoms with Crippen LogP contribution in [0.4, 0.5) is 0 Å². The molecule has 0 saturated carbocycles. The van der Waals surface area contributed by atoms with Crippen molar-refractivity contribution in [3.8, 4) is 11.4 Å². The molecule has 0 spiro atoms. The Morgan fingerprint density at radius 2 is 1.73 bits per heavy atom. The summed E-state index contributed by atoms with van der Waals surface area (Å²) in [6.07, 6.45) is 9.86. The fourth-order valence-electron chi connectivity index (χ4n) is 4.48. The van der Waals surface area contributed by atoms with Crippen LogP contribution >= 0.6 is 0 Å². The third-order valence-electron chi connectivity index (χ3n) is 5.80. The smallest absolute Gasteiger partial charge is 0.141 e. The highest BCUT2D eigenvalue weighted by Crippen LogP contribution is 2.33. The number of para-hydroxylation sites is 1. The Kier molecular flexibility index (Phi) is 4.19. The van der Waals surface area contributed by atoms with Gasteiger partial charge in [-0.15, -0.1) is 0 Å². The molecule has 0 N–H and O–H groups in total. The van der Waals surface area contributed by atoms with Gasteiger partial charge in [0.1, 0.15) is 5.82 Å². The zero-order valence-corrected chi connectivity index (χ0v) is 14.9. The summed E-state index contributed by atoms with van der Waals surface area (Å²) in [5.74, 6) is 1.01. The quantitative estimate of drug-likeness (QED) is 0.726. The predicted molar refractivity (Wildman–Crippen MR) is 102 cm³/mol. The molecule has 2 fully saturated rings. The number of ether oxygens (including phenoxy) is 1. The van der Waals surface area contributed by atoms with E-state index < -0.39 is 0 Å². The van der Waals surface area contributed by atoms with E-state index in [1.54, 1.807) is 0 Å². The van der Waals surface area contributed by atoms with Crippen LogP contribution in [0, 0.1) is 0 Å². The normalized spacial score (nSPS) is 24.3. The number of piperidine rings is 1. The van der Waals surface area contributed by atoms with Gasteiger partial charge in [-0.3, -0.25) is 9.88 Å². The number of hydrogen-bond acceptors (Lipinski definition) is 4. The van der Waals surface area contributed by atoms with Gasteiger partial charge in [-0.25, -0.2) is 4.98 Å². The van der Waals surface area contributed by atoms with E-state index >= 15 is 0 Å². The number of benzene rings is 1. The molecule has 5 heteroatoms. The van der Waals surface area contributed by atoms with Gasteiger partial charge in [0, 0.05) is 29.5 Å². The van der Waals surface area contributed by atoms with Crippen molar-refractivity contribution in [2.45, 2.75) is 31.3 Å². The van der Waals surface area contributed by atoms with Crippen molar-refractivity contribution in [2.75, 3.05) is 26.3 Å². The van der Waals surface area contributed by atoms with Crippen LogP contribution in [-0.2, 0) is 4.74 Å². The molecule has 0 unspecified atom stereocenters. The van der Waals surface area contributed by atoms with Crippen LogP contribution in [0.25, 0.3) is 22.3 Å². The van der Waals surface area contributed by atoms with E-state index in [4.69, 9.17) is 9.72 Å². The maximum atomic E-state index is 5.92. The molecular formula is C21H24N4O. The van der Waals surface area contributed by atoms with Crippen molar-refractivity contribution >= 4 is 10.9 Å². The molecule has 2 aliphatic rings. The molecule has 0 aliphatic carbocycles. The highest BCUT2D eigenvalue weighted by Gasteiger charge is 2.36. The lowest BCUT2D eigenvalue weighted by Crippen LogP contribution is -2.44. The Morgan fingerprint density at radius 3 is 2.65 bits per heavy atom. The van der Waals surface area contributed by atoms with Crippen molar-refractivity contribution in [3.63, 3.8) is 0 Å². The van der Waals surface area contributed by atoms with Gasteiger partial charge in [-0.05, 0) is 38.1 Å². The van der Waals surface area contributed by atoms with Crippen LogP contribution in [0.1, 0.15) is 25.3 Å². The van der Waals surface area contributed by atoms with Crippen LogP contribution in [0.5, 0.6) is 0 Å². The van der Waals surface area contributed by atoms with Gasteiger partial charge in [0.2, 0.25) is 0 Å². The van der Waals surface area contributed by atoms with Crippen LogP contribution in [-0.4, -0.2) is 51.8 Å². The standard InChI is InChI=1S/C21H24N4O/c1-4-11-24(12-5-1)19-14-26-15-20(19)25-13-10-23-21(25)17-8-9-22-18-7-3-2-6-16(17)18/h2-3,6-10,13,19-20H,1,4-5,11-12,14-15H2/t19-,20-/m0/s1. The minimum atomic E-state index is 0.317. The summed E-state index contributed by atoms with van der Waals surface area (Å²) in [5, 5.41) is 1.15. The number of likely N-dealkylation sites (tertiary alicyclic amines) is 1. The Hall–Kier alpha value is -2.24. The first-order chi connectivity index (χ1) is 12.9. The first-order valence-corrected chi connectivity index (χ1v) is 9.60. The second kappa shape index (κ2) is 6.82. The van der Waals surface area contributed by atoms with Crippen LogP contribution in [0.3, 0.4) is 0 Å². The SMILES string of the molecule is c1ccc2c(-c3nccn3[C@H]3COC[C@@H]3N3CCCCC3)ccnc2c1. The molecule has 5 rings (SSSR count). The molecule has 26 heavy (non-hydrogen) atoms. The molecule has 0 amide bonds. The van der Waals surface area contributed by atoms with E-state index in [9.17, 15) is 0 Å². The number of rotatable bonds is 3. The second-order valence-corrected chi connectivity index (χ2v) is 7.30. The number of imidazole rings is 1. The number of hydrogen-bond donors (Lipinski definition) is 0. The lowest BCUT2D eigenvalue weighted by molar-refractivity contribution is 0.122. The Morgan fingerprint density at radius 1 is 0.885 bits per heavy atom. The number of fused-ring (bicyclic) bond motifs is 1. The van der Waals surface area contributed by atoms with Crippen LogP contribution in [0.15, 0.2) is 48.9 Å². The first-order valence-electron chi connectivity index (χ1n) is 9.60. The third-order valence-corrected chi connectivity index (χ3v) is 5.80. The molecule has 5 nitrogen and oxygen atoms in total. The first kappa shape index (κ1) is 16.0. The average Bonchev–Trinajstić information content (AvgIpc) is 3.37. The highest BCUT2D eigenvalue weighted by molar-refractivity contribution is 5.92. The van der Waals surface area contributed by atoms with E-state index in [0.29, 0.717) is 12.1 Å². The van der Waals surface area contributed by atoms with E-state index in [1.807, 2.05) is 18.5 Å². The lowest BCUT2D eigenvalue weighted by Gasteiger charge is -2.35. The molecule has 3 aromatic rings. The van der Waals surface area contributed by atoms with Gasteiger partial charge in [0.05, 0.1) is 30.8 Å². The van der Waals surface area contributed by atoms with E-state index in [0.717, 1.165) is 35.5 Å². The monoisotopic (exact) mass is 348 g/mol. The maximum absolute atomic E-state index is 5.92. The fourth-order valence-corrected chi connectivity index (χ4v) is 4.48. The highest BCUT2D eigenvalue weighted by atomic mass is 16.5. The summed E-state index contributed by atoms with van der Waals surface area (Å²) >= 11 is 0. The molecule has 4 heterocycles. The Bertz CT molecular complexity index is 894. The lowest BCUT2D eigenvalue weighted by atomic mass is 10.0. The van der Waals surface area contributed by atoms with Crippen molar-refractivity contribution in [1.82, 2.24) is 19.4 Å². The molecule has 1 aromatic carbocycles. The number of pyridine rings is 1. The Labute approximate surface area is 153 Å². The molecule has 0 radical (unpaired) electrons. The van der Waals surface area contributed by atoms with Crippen molar-refractivity contribution in [1.29, 1.82) is 0 Å². The molecule has 2 saturated heterocycles. The summed E-state index contributed by atoms with van der Waals surface area (Å²) < 4.78 is 8.25. The van der Waals surface area contributed by atoms with Crippen molar-refractivity contribution < 1.29 is 4.74 Å². The topological polar surface area (TPSA) is 43.2 Å². The molecule has 0 bridgehead atoms. The molecular weight excluding hydrogens is 324 g/mol. The third kappa shape index (κ3) is 2.72. The largest absolute Gasteiger partial charge is 0.378 e. The minimum Gasteiger partial charge on any atom is -0.378 e. The molecule has 134 valence electrons. The maximum Gasteiger partial charge on any atom is 0.141 e. The Balaban J connectivity index is 1.54. The van der Waals surface area contributed by atoms with E-state index in [1.165, 1.54) is 32.4 Å².